The van der Waals surface area contributed by atoms with Gasteiger partial charge in [-0.1, -0.05) is 55.8 Å². The minimum Gasteiger partial charge on any atom is -0.496 e. The molecule has 2 unspecified atom stereocenters. The zero-order chi connectivity index (χ0) is 44.8. The number of esters is 4. The number of carbonyl (C=O) groups is 4. The molecule has 6 aliphatic rings. The summed E-state index contributed by atoms with van der Waals surface area (Å²) in [6.07, 6.45) is 7.48. The van der Waals surface area contributed by atoms with Crippen LogP contribution in [-0.2, 0) is 55.4 Å². The van der Waals surface area contributed by atoms with Crippen LogP contribution in [0.2, 0.25) is 0 Å². The predicted octanol–water partition coefficient (Wildman–Crippen LogP) is 4.59. The van der Waals surface area contributed by atoms with Crippen molar-refractivity contribution in [3.05, 3.63) is 82.6 Å². The highest BCUT2D eigenvalue weighted by molar-refractivity contribution is 5.95. The van der Waals surface area contributed by atoms with E-state index in [0.717, 1.165) is 28.5 Å². The second-order valence-electron chi connectivity index (χ2n) is 18.6. The standard InChI is InChI=1S/C49H60N4O10/c1-9-29-20-30-24-48(44(56)61-7,39-33(32-14-11-12-15-36(32)50-39)21-31(40(55)60-6)27-52(25-29)26-30)35-22-34-37(23-38(35)59-5)51(4)42-47(34)17-19-53-18-13-16-46(10-2,41(47)53)43(63-28(3)54)49(42,58)45(57)62-8/h11-16,20,22-23,30-31,41-43,50,58H,9-10,17-19,21,24-27H2,1-8H3/t30-,31+,41-,42?,43+,46+,47+,48-,49-/m0/s1. The molecule has 14 heteroatoms. The van der Waals surface area contributed by atoms with Crippen LogP contribution in [0, 0.1) is 17.3 Å². The number of para-hydroxylation sites is 1. The average Bonchev–Trinajstić information content (AvgIpc) is 3.95. The summed E-state index contributed by atoms with van der Waals surface area (Å²) in [4.78, 5) is 67.2. The third-order valence-corrected chi connectivity index (χ3v) is 15.8. The van der Waals surface area contributed by atoms with Crippen molar-refractivity contribution in [2.45, 2.75) is 87.5 Å². The van der Waals surface area contributed by atoms with Crippen LogP contribution in [-0.4, -0.2) is 136 Å². The van der Waals surface area contributed by atoms with Crippen LogP contribution >= 0.6 is 0 Å². The number of likely N-dealkylation sites (N-methyl/N-ethyl adjacent to an activating group) is 1. The Morgan fingerprint density at radius 3 is 2.40 bits per heavy atom. The molecule has 1 saturated carbocycles. The second kappa shape index (κ2) is 15.5. The van der Waals surface area contributed by atoms with Gasteiger partial charge in [0.1, 0.15) is 11.2 Å². The Bertz CT molecular complexity index is 2440. The van der Waals surface area contributed by atoms with Gasteiger partial charge in [-0.3, -0.25) is 24.2 Å². The second-order valence-corrected chi connectivity index (χ2v) is 18.6. The highest BCUT2D eigenvalue weighted by Gasteiger charge is 2.80. The first kappa shape index (κ1) is 43.1. The van der Waals surface area contributed by atoms with Gasteiger partial charge in [0, 0.05) is 90.9 Å². The quantitative estimate of drug-likeness (QED) is 0.184. The summed E-state index contributed by atoms with van der Waals surface area (Å²) in [5, 5.41) is 14.3. The number of benzene rings is 2. The number of aromatic nitrogens is 1. The number of methoxy groups -OCH3 is 4. The molecule has 3 aromatic rings. The molecule has 336 valence electrons. The average molecular weight is 865 g/mol. The van der Waals surface area contributed by atoms with Crippen LogP contribution in [0.5, 0.6) is 5.75 Å². The molecule has 1 aliphatic carbocycles. The summed E-state index contributed by atoms with van der Waals surface area (Å²) in [5.74, 6) is -2.60. The van der Waals surface area contributed by atoms with Crippen molar-refractivity contribution in [3.8, 4) is 5.75 Å². The molecule has 2 bridgehead atoms. The fourth-order valence-corrected chi connectivity index (χ4v) is 13.6. The predicted molar refractivity (Wildman–Crippen MR) is 234 cm³/mol. The van der Waals surface area contributed by atoms with Gasteiger partial charge in [0.05, 0.1) is 40.4 Å². The van der Waals surface area contributed by atoms with Crippen molar-refractivity contribution in [1.82, 2.24) is 14.8 Å². The SMILES string of the molecule is CCC1=C[C@@H]2CN(C1)C[C@H](C(=O)OC)Cc1c([nH]c3ccccc13)[C@@](C(=O)OC)(c1cc3c(cc1OC)N(C)C1[C@]34CCN3CC=C[C@@](CC)([C@@H](OC(C)=O)[C@]1(O)C(=O)OC)[C@H]34)C2. The first-order chi connectivity index (χ1) is 30.2. The number of ether oxygens (including phenoxy) is 5. The van der Waals surface area contributed by atoms with E-state index in [-0.39, 0.29) is 17.9 Å². The van der Waals surface area contributed by atoms with Crippen LogP contribution < -0.4 is 9.64 Å². The molecule has 2 aromatic carbocycles. The molecular formula is C49H60N4O10. The van der Waals surface area contributed by atoms with E-state index in [1.54, 1.807) is 7.11 Å². The van der Waals surface area contributed by atoms with Gasteiger partial charge in [-0.2, -0.15) is 0 Å². The van der Waals surface area contributed by atoms with Gasteiger partial charge in [-0.15, -0.1) is 0 Å². The van der Waals surface area contributed by atoms with Crippen molar-refractivity contribution in [1.29, 1.82) is 0 Å². The zero-order valence-corrected chi connectivity index (χ0v) is 37.6. The largest absolute Gasteiger partial charge is 0.496 e. The summed E-state index contributed by atoms with van der Waals surface area (Å²) in [5.41, 5.74) is -0.230. The lowest BCUT2D eigenvalue weighted by molar-refractivity contribution is -0.228. The van der Waals surface area contributed by atoms with Crippen molar-refractivity contribution in [3.63, 3.8) is 0 Å². The number of aromatic amines is 1. The van der Waals surface area contributed by atoms with E-state index in [2.05, 4.69) is 33.8 Å². The van der Waals surface area contributed by atoms with Gasteiger partial charge in [-0.05, 0) is 67.8 Å². The Hall–Kier alpha value is -5.18. The fraction of sp³-hybridized carbons (Fsp3) is 0.551. The van der Waals surface area contributed by atoms with Crippen molar-refractivity contribution < 1.29 is 48.0 Å². The first-order valence-electron chi connectivity index (χ1n) is 22.3. The third kappa shape index (κ3) is 5.85. The number of anilines is 1. The molecule has 63 heavy (non-hydrogen) atoms. The monoisotopic (exact) mass is 864 g/mol. The molecule has 1 saturated heterocycles. The maximum absolute atomic E-state index is 15.5. The van der Waals surface area contributed by atoms with Gasteiger partial charge < -0.3 is 38.7 Å². The lowest BCUT2D eigenvalue weighted by Crippen LogP contribution is -2.81. The third-order valence-electron chi connectivity index (χ3n) is 15.8. The lowest BCUT2D eigenvalue weighted by atomic mass is 9.47. The topological polar surface area (TPSA) is 160 Å². The molecule has 9 rings (SSSR count). The number of carbonyl (C=O) groups excluding carboxylic acids is 4. The van der Waals surface area contributed by atoms with Crippen LogP contribution in [0.3, 0.4) is 0 Å². The molecule has 6 heterocycles. The molecular weight excluding hydrogens is 805 g/mol. The Morgan fingerprint density at radius 1 is 0.952 bits per heavy atom. The van der Waals surface area contributed by atoms with E-state index < -0.39 is 57.8 Å². The molecule has 2 N–H and O–H groups in total. The highest BCUT2D eigenvalue weighted by atomic mass is 16.6. The maximum atomic E-state index is 15.5. The summed E-state index contributed by atoms with van der Waals surface area (Å²) >= 11 is 0. The minimum absolute atomic E-state index is 0.156. The van der Waals surface area contributed by atoms with Gasteiger partial charge >= 0.3 is 23.9 Å². The summed E-state index contributed by atoms with van der Waals surface area (Å²) in [7, 11) is 7.52. The van der Waals surface area contributed by atoms with Gasteiger partial charge in [-0.25, -0.2) is 4.79 Å². The molecule has 5 aliphatic heterocycles. The molecule has 0 radical (unpaired) electrons. The van der Waals surface area contributed by atoms with E-state index in [1.165, 1.54) is 33.8 Å². The van der Waals surface area contributed by atoms with Crippen LogP contribution in [0.15, 0.2) is 60.2 Å². The van der Waals surface area contributed by atoms with Gasteiger partial charge in [0.2, 0.25) is 5.60 Å². The van der Waals surface area contributed by atoms with E-state index in [9.17, 15) is 19.5 Å². The van der Waals surface area contributed by atoms with Crippen molar-refractivity contribution >= 4 is 40.5 Å². The van der Waals surface area contributed by atoms with Crippen molar-refractivity contribution in [2.24, 2.45) is 17.3 Å². The summed E-state index contributed by atoms with van der Waals surface area (Å²) in [6, 6.07) is 10.6. The summed E-state index contributed by atoms with van der Waals surface area (Å²) in [6.45, 7) is 8.49. The van der Waals surface area contributed by atoms with E-state index in [0.29, 0.717) is 81.1 Å². The Morgan fingerprint density at radius 2 is 1.71 bits per heavy atom. The molecule has 2 fully saturated rings. The first-order valence-corrected chi connectivity index (χ1v) is 22.3. The Kier molecular flexibility index (Phi) is 10.6. The fourth-order valence-electron chi connectivity index (χ4n) is 13.6. The number of aliphatic hydroxyl groups is 1. The molecule has 14 nitrogen and oxygen atoms in total. The number of rotatable bonds is 8. The maximum Gasteiger partial charge on any atom is 0.344 e. The Labute approximate surface area is 368 Å². The minimum atomic E-state index is -2.33. The molecule has 10 atom stereocenters. The smallest absolute Gasteiger partial charge is 0.344 e. The number of nitrogens with one attached hydrogen (secondary N) is 1. The van der Waals surface area contributed by atoms with Crippen LogP contribution in [0.25, 0.3) is 10.9 Å². The normalized spacial score (nSPS) is 34.2. The number of fused-ring (bicyclic) bond motifs is 6. The van der Waals surface area contributed by atoms with Crippen LogP contribution in [0.1, 0.15) is 68.8 Å². The Balaban J connectivity index is 1.38. The number of nitrogens with zero attached hydrogens (tertiary/aromatic N) is 3. The van der Waals surface area contributed by atoms with Crippen LogP contribution in [0.4, 0.5) is 5.69 Å². The van der Waals surface area contributed by atoms with Gasteiger partial charge in [0.15, 0.2) is 6.10 Å². The van der Waals surface area contributed by atoms with E-state index in [4.69, 9.17) is 23.7 Å². The van der Waals surface area contributed by atoms with E-state index in [1.807, 2.05) is 61.4 Å². The number of hydrogen-bond donors (Lipinski definition) is 2. The molecule has 1 aromatic heterocycles. The highest BCUT2D eigenvalue weighted by Crippen LogP contribution is 2.68. The van der Waals surface area contributed by atoms with Gasteiger partial charge in [0.25, 0.3) is 0 Å². The lowest BCUT2D eigenvalue weighted by Gasteiger charge is -2.63. The van der Waals surface area contributed by atoms with Crippen molar-refractivity contribution in [2.75, 3.05) is 73.1 Å². The zero-order valence-electron chi connectivity index (χ0n) is 37.6. The molecule has 0 amide bonds. The number of hydrogen-bond acceptors (Lipinski definition) is 13. The molecule has 1 spiro atoms. The number of H-pyrrole nitrogens is 1. The summed E-state index contributed by atoms with van der Waals surface area (Å²) < 4.78 is 29.5. The van der Waals surface area contributed by atoms with E-state index >= 15 is 4.79 Å².